The maximum absolute atomic E-state index is 13.4. The van der Waals surface area contributed by atoms with Crippen molar-refractivity contribution in [1.29, 1.82) is 0 Å². The van der Waals surface area contributed by atoms with Gasteiger partial charge in [0.1, 0.15) is 11.7 Å². The molecule has 9 heteroatoms. The molecule has 1 aromatic rings. The molecule has 1 aliphatic heterocycles. The highest BCUT2D eigenvalue weighted by molar-refractivity contribution is 5.97. The summed E-state index contributed by atoms with van der Waals surface area (Å²) >= 11 is 0. The zero-order valence-electron chi connectivity index (χ0n) is 24.7. The number of carbonyl (C=O) groups excluding carboxylic acids is 3. The molecule has 3 unspecified atom stereocenters. The molecule has 1 aromatic carbocycles. The van der Waals surface area contributed by atoms with Crippen molar-refractivity contribution in [3.63, 3.8) is 0 Å². The number of carbonyl (C=O) groups is 3. The van der Waals surface area contributed by atoms with Gasteiger partial charge in [-0.3, -0.25) is 14.4 Å². The van der Waals surface area contributed by atoms with Crippen molar-refractivity contribution in [3.8, 4) is 0 Å². The van der Waals surface area contributed by atoms with Gasteiger partial charge in [-0.15, -0.1) is 0 Å². The largest absolute Gasteiger partial charge is 0.459 e. The van der Waals surface area contributed by atoms with E-state index in [1.807, 2.05) is 19.9 Å². The third kappa shape index (κ3) is 4.56. The van der Waals surface area contributed by atoms with E-state index >= 15 is 0 Å². The van der Waals surface area contributed by atoms with Crippen LogP contribution in [0, 0.1) is 11.3 Å². The lowest BCUT2D eigenvalue weighted by Gasteiger charge is -2.59. The van der Waals surface area contributed by atoms with Gasteiger partial charge in [-0.2, -0.15) is 0 Å². The van der Waals surface area contributed by atoms with Crippen LogP contribution < -0.4 is 0 Å². The number of aliphatic hydroxyl groups is 3. The molecule has 0 spiro atoms. The number of allylic oxidation sites excluding steroid dienone is 1. The second kappa shape index (κ2) is 10.0. The van der Waals surface area contributed by atoms with Crippen molar-refractivity contribution in [2.45, 2.75) is 121 Å². The third-order valence-electron chi connectivity index (χ3n) is 10.7. The van der Waals surface area contributed by atoms with Crippen molar-refractivity contribution in [3.05, 3.63) is 47.0 Å². The van der Waals surface area contributed by atoms with Crippen LogP contribution in [0.4, 0.5) is 0 Å². The summed E-state index contributed by atoms with van der Waals surface area (Å²) in [5, 5.41) is 33.9. The van der Waals surface area contributed by atoms with Crippen molar-refractivity contribution in [1.82, 2.24) is 0 Å². The van der Waals surface area contributed by atoms with Crippen LogP contribution >= 0.6 is 0 Å². The van der Waals surface area contributed by atoms with Crippen LogP contribution in [0.15, 0.2) is 30.4 Å². The van der Waals surface area contributed by atoms with Crippen LogP contribution in [-0.2, 0) is 35.0 Å². The van der Waals surface area contributed by atoms with Gasteiger partial charge in [0.2, 0.25) is 6.29 Å². The molecule has 3 aliphatic carbocycles. The standard InChI is InChI=1S/C32H42O9/c1-17(25-16-29(4,36)31(6,37)28(41-25)40-19(3)34)20-9-11-22-21(14-20)10-12-24-23(22)15-27(39-18(2)33)32(38)13-7-8-26(35)30(24,32)5/h7-9,11,14,17,23-25,27-28,36-38H,10,12-13,15-16H2,1-6H3/t17-,23?,24?,25?,27+,28-,29+,30-,31+,32-/m0/s1. The quantitative estimate of drug-likeness (QED) is 0.466. The zero-order valence-corrected chi connectivity index (χ0v) is 24.7. The first-order valence-electron chi connectivity index (χ1n) is 14.5. The molecular formula is C32H42O9. The first kappa shape index (κ1) is 29.9. The number of hydrogen-bond donors (Lipinski definition) is 3. The Bertz CT molecular complexity index is 1280. The average molecular weight is 571 g/mol. The summed E-state index contributed by atoms with van der Waals surface area (Å²) < 4.78 is 17.0. The lowest BCUT2D eigenvalue weighted by molar-refractivity contribution is -0.324. The number of rotatable bonds is 4. The molecule has 4 aliphatic rings. The van der Waals surface area contributed by atoms with Crippen molar-refractivity contribution < 1.29 is 43.9 Å². The van der Waals surface area contributed by atoms with Gasteiger partial charge in [0.05, 0.1) is 17.1 Å². The lowest BCUT2D eigenvalue weighted by Crippen LogP contribution is -2.68. The molecule has 9 nitrogen and oxygen atoms in total. The van der Waals surface area contributed by atoms with E-state index in [0.29, 0.717) is 19.3 Å². The molecule has 0 bridgehead atoms. The van der Waals surface area contributed by atoms with E-state index in [9.17, 15) is 29.7 Å². The van der Waals surface area contributed by atoms with Gasteiger partial charge in [-0.25, -0.2) is 0 Å². The summed E-state index contributed by atoms with van der Waals surface area (Å²) in [7, 11) is 0. The molecule has 0 aromatic heterocycles. The summed E-state index contributed by atoms with van der Waals surface area (Å²) in [6, 6.07) is 6.18. The maximum atomic E-state index is 13.4. The van der Waals surface area contributed by atoms with Gasteiger partial charge in [0.15, 0.2) is 11.4 Å². The molecule has 1 saturated carbocycles. The molecule has 3 N–H and O–H groups in total. The van der Waals surface area contributed by atoms with E-state index < -0.39 is 52.7 Å². The highest BCUT2D eigenvalue weighted by Gasteiger charge is 2.66. The summed E-state index contributed by atoms with van der Waals surface area (Å²) in [5.41, 5.74) is -2.73. The molecule has 0 radical (unpaired) electrons. The maximum Gasteiger partial charge on any atom is 0.305 e. The minimum Gasteiger partial charge on any atom is -0.459 e. The Hall–Kier alpha value is -2.59. The summed E-state index contributed by atoms with van der Waals surface area (Å²) in [6.45, 7) is 9.28. The number of esters is 2. The SMILES string of the molecule is CC(=O)O[C@H]1OC([C@@H](C)c2ccc3c(c2)CCC2C3C[C@@H](OC(C)=O)[C@@]3(O)CC=CC(=O)[C@]23C)C[C@@](C)(O)[C@]1(C)O. The predicted octanol–water partition coefficient (Wildman–Crippen LogP) is 3.22. The van der Waals surface area contributed by atoms with E-state index in [1.165, 1.54) is 27.7 Å². The minimum absolute atomic E-state index is 0.0803. The highest BCUT2D eigenvalue weighted by atomic mass is 16.7. The van der Waals surface area contributed by atoms with Crippen molar-refractivity contribution >= 4 is 17.7 Å². The smallest absolute Gasteiger partial charge is 0.305 e. The third-order valence-corrected chi connectivity index (χ3v) is 10.7. The Morgan fingerprint density at radius 1 is 1.07 bits per heavy atom. The Morgan fingerprint density at radius 3 is 2.41 bits per heavy atom. The van der Waals surface area contributed by atoms with Crippen LogP contribution in [0.25, 0.3) is 0 Å². The molecule has 224 valence electrons. The fourth-order valence-corrected chi connectivity index (χ4v) is 7.88. The van der Waals surface area contributed by atoms with Crippen LogP contribution in [0.3, 0.4) is 0 Å². The van der Waals surface area contributed by atoms with E-state index in [4.69, 9.17) is 14.2 Å². The van der Waals surface area contributed by atoms with Gasteiger partial charge in [-0.1, -0.05) is 31.2 Å². The molecule has 5 rings (SSSR count). The second-order valence-electron chi connectivity index (χ2n) is 13.2. The molecule has 10 atom stereocenters. The lowest BCUT2D eigenvalue weighted by atomic mass is 9.47. The van der Waals surface area contributed by atoms with Crippen LogP contribution in [-0.4, -0.2) is 68.3 Å². The number of hydrogen-bond acceptors (Lipinski definition) is 9. The molecule has 2 fully saturated rings. The van der Waals surface area contributed by atoms with E-state index in [2.05, 4.69) is 12.1 Å². The Balaban J connectivity index is 1.46. The van der Waals surface area contributed by atoms with Gasteiger partial charge < -0.3 is 29.5 Å². The monoisotopic (exact) mass is 570 g/mol. The highest BCUT2D eigenvalue weighted by Crippen LogP contribution is 2.61. The van der Waals surface area contributed by atoms with Gasteiger partial charge in [0.25, 0.3) is 0 Å². The second-order valence-corrected chi connectivity index (χ2v) is 13.2. The van der Waals surface area contributed by atoms with Gasteiger partial charge >= 0.3 is 11.9 Å². The van der Waals surface area contributed by atoms with E-state index in [0.717, 1.165) is 16.7 Å². The number of fused-ring (bicyclic) bond motifs is 5. The number of aryl methyl sites for hydroxylation is 1. The number of ether oxygens (including phenoxy) is 3. The van der Waals surface area contributed by atoms with Crippen molar-refractivity contribution in [2.24, 2.45) is 11.3 Å². The minimum atomic E-state index is -1.79. The zero-order chi connectivity index (χ0) is 30.1. The summed E-state index contributed by atoms with van der Waals surface area (Å²) in [5.74, 6) is -1.63. The first-order chi connectivity index (χ1) is 19.0. The number of benzene rings is 1. The van der Waals surface area contributed by atoms with Crippen LogP contribution in [0.2, 0.25) is 0 Å². The molecule has 41 heavy (non-hydrogen) atoms. The fourth-order valence-electron chi connectivity index (χ4n) is 7.88. The van der Waals surface area contributed by atoms with Crippen molar-refractivity contribution in [2.75, 3.05) is 0 Å². The van der Waals surface area contributed by atoms with E-state index in [1.54, 1.807) is 12.2 Å². The fraction of sp³-hybridized carbons (Fsp3) is 0.656. The predicted molar refractivity (Wildman–Crippen MR) is 148 cm³/mol. The summed E-state index contributed by atoms with van der Waals surface area (Å²) in [4.78, 5) is 37.1. The normalized spacial score (nSPS) is 42.4. The Kier molecular flexibility index (Phi) is 7.29. The molecule has 1 heterocycles. The van der Waals surface area contributed by atoms with Crippen LogP contribution in [0.5, 0.6) is 0 Å². The topological polar surface area (TPSA) is 140 Å². The summed E-state index contributed by atoms with van der Waals surface area (Å²) in [6.07, 6.45) is 2.80. The van der Waals surface area contributed by atoms with Gasteiger partial charge in [0, 0.05) is 26.2 Å². The average Bonchev–Trinajstić information content (AvgIpc) is 2.87. The first-order valence-corrected chi connectivity index (χ1v) is 14.5. The molecular weight excluding hydrogens is 528 g/mol. The Morgan fingerprint density at radius 2 is 1.76 bits per heavy atom. The molecule has 0 amide bonds. The van der Waals surface area contributed by atoms with E-state index in [-0.39, 0.29) is 36.4 Å². The number of ketones is 1. The molecule has 1 saturated heterocycles. The van der Waals surface area contributed by atoms with Crippen LogP contribution in [0.1, 0.15) is 95.8 Å². The van der Waals surface area contributed by atoms with Gasteiger partial charge in [-0.05, 0) is 81.1 Å². The Labute approximate surface area is 240 Å².